The van der Waals surface area contributed by atoms with Crippen molar-refractivity contribution in [1.82, 2.24) is 0 Å². The molecule has 2 unspecified atom stereocenters. The molecule has 0 radical (unpaired) electrons. The van der Waals surface area contributed by atoms with Crippen molar-refractivity contribution in [3.63, 3.8) is 0 Å². The van der Waals surface area contributed by atoms with Crippen molar-refractivity contribution in [3.05, 3.63) is 34.9 Å². The van der Waals surface area contributed by atoms with Crippen LogP contribution in [0, 0.1) is 6.92 Å². The average Bonchev–Trinajstić information content (AvgIpc) is 2.68. The lowest BCUT2D eigenvalue weighted by Crippen LogP contribution is -2.35. The highest BCUT2D eigenvalue weighted by molar-refractivity contribution is 8.00. The third kappa shape index (κ3) is 2.35. The molecule has 1 nitrogen and oxygen atoms in total. The second-order valence-electron chi connectivity index (χ2n) is 5.87. The minimum Gasteiger partial charge on any atom is -0.385 e. The molecule has 0 aromatic heterocycles. The van der Waals surface area contributed by atoms with Crippen molar-refractivity contribution >= 4 is 11.8 Å². The van der Waals surface area contributed by atoms with Crippen molar-refractivity contribution in [3.8, 4) is 0 Å². The SMILES string of the molecule is Cc1c(C(F)(F)F)cccc1C1(O)CC2CCC(C1)S2. The molecule has 0 aliphatic carbocycles. The molecule has 2 bridgehead atoms. The summed E-state index contributed by atoms with van der Waals surface area (Å²) in [6, 6.07) is 4.15. The summed E-state index contributed by atoms with van der Waals surface area (Å²) in [6.45, 7) is 1.47. The number of thioether (sulfide) groups is 1. The van der Waals surface area contributed by atoms with E-state index in [4.69, 9.17) is 0 Å². The molecule has 5 heteroatoms. The van der Waals surface area contributed by atoms with Crippen molar-refractivity contribution in [2.75, 3.05) is 0 Å². The summed E-state index contributed by atoms with van der Waals surface area (Å²) in [5.41, 5.74) is -1.09. The predicted molar refractivity (Wildman–Crippen MR) is 73.7 cm³/mol. The molecule has 3 rings (SSSR count). The van der Waals surface area contributed by atoms with Crippen LogP contribution >= 0.6 is 11.8 Å². The van der Waals surface area contributed by atoms with Gasteiger partial charge in [-0.1, -0.05) is 12.1 Å². The van der Waals surface area contributed by atoms with E-state index in [1.54, 1.807) is 6.07 Å². The second kappa shape index (κ2) is 4.67. The van der Waals surface area contributed by atoms with Crippen molar-refractivity contribution in [2.24, 2.45) is 0 Å². The maximum absolute atomic E-state index is 13.0. The maximum atomic E-state index is 13.0. The van der Waals surface area contributed by atoms with Gasteiger partial charge >= 0.3 is 6.18 Å². The summed E-state index contributed by atoms with van der Waals surface area (Å²) in [6.07, 6.45) is -1.10. The summed E-state index contributed by atoms with van der Waals surface area (Å²) in [4.78, 5) is 0. The highest BCUT2D eigenvalue weighted by atomic mass is 32.2. The molecule has 0 spiro atoms. The predicted octanol–water partition coefficient (Wildman–Crippen LogP) is 4.26. The summed E-state index contributed by atoms with van der Waals surface area (Å²) in [5, 5.41) is 11.7. The Morgan fingerprint density at radius 3 is 2.35 bits per heavy atom. The maximum Gasteiger partial charge on any atom is 0.416 e. The molecule has 2 atom stereocenters. The monoisotopic (exact) mass is 302 g/mol. The first-order chi connectivity index (χ1) is 9.29. The van der Waals surface area contributed by atoms with E-state index in [2.05, 4.69) is 0 Å². The molecule has 2 aliphatic rings. The molecule has 2 saturated heterocycles. The minimum absolute atomic E-state index is 0.175. The molecule has 1 aromatic carbocycles. The quantitative estimate of drug-likeness (QED) is 0.836. The van der Waals surface area contributed by atoms with Gasteiger partial charge in [-0.15, -0.1) is 0 Å². The van der Waals surface area contributed by atoms with Crippen LogP contribution in [0.5, 0.6) is 0 Å². The lowest BCUT2D eigenvalue weighted by molar-refractivity contribution is -0.138. The van der Waals surface area contributed by atoms with E-state index < -0.39 is 17.3 Å². The number of rotatable bonds is 1. The van der Waals surface area contributed by atoms with E-state index >= 15 is 0 Å². The van der Waals surface area contributed by atoms with Crippen LogP contribution in [0.2, 0.25) is 0 Å². The first-order valence-electron chi connectivity index (χ1n) is 6.85. The highest BCUT2D eigenvalue weighted by Gasteiger charge is 2.46. The van der Waals surface area contributed by atoms with Gasteiger partial charge < -0.3 is 5.11 Å². The zero-order valence-electron chi connectivity index (χ0n) is 11.2. The van der Waals surface area contributed by atoms with E-state index in [1.165, 1.54) is 13.0 Å². The fraction of sp³-hybridized carbons (Fsp3) is 0.600. The molecular weight excluding hydrogens is 285 g/mol. The van der Waals surface area contributed by atoms with Gasteiger partial charge in [0.05, 0.1) is 11.2 Å². The Kier molecular flexibility index (Phi) is 3.33. The van der Waals surface area contributed by atoms with Gasteiger partial charge in [0.2, 0.25) is 0 Å². The molecule has 2 aliphatic heterocycles. The Balaban J connectivity index is 2.02. The van der Waals surface area contributed by atoms with Gasteiger partial charge in [0.25, 0.3) is 0 Å². The lowest BCUT2D eigenvalue weighted by Gasteiger charge is -2.37. The van der Waals surface area contributed by atoms with Crippen molar-refractivity contribution in [2.45, 2.75) is 54.9 Å². The molecule has 20 heavy (non-hydrogen) atoms. The summed E-state index contributed by atoms with van der Waals surface area (Å²) in [7, 11) is 0. The number of aliphatic hydroxyl groups is 1. The van der Waals surface area contributed by atoms with Crippen LogP contribution in [-0.2, 0) is 11.8 Å². The van der Waals surface area contributed by atoms with E-state index in [0.29, 0.717) is 28.9 Å². The molecule has 0 saturated carbocycles. The van der Waals surface area contributed by atoms with Crippen molar-refractivity contribution in [1.29, 1.82) is 0 Å². The lowest BCUT2D eigenvalue weighted by atomic mass is 9.82. The Labute approximate surface area is 120 Å². The second-order valence-corrected chi connectivity index (χ2v) is 7.48. The molecule has 1 N–H and O–H groups in total. The summed E-state index contributed by atoms with van der Waals surface area (Å²) < 4.78 is 39.0. The van der Waals surface area contributed by atoms with Crippen LogP contribution in [0.1, 0.15) is 42.4 Å². The topological polar surface area (TPSA) is 20.2 Å². The fourth-order valence-corrected chi connectivity index (χ4v) is 5.42. The molecular formula is C15H17F3OS. The number of hydrogen-bond acceptors (Lipinski definition) is 2. The molecule has 2 fully saturated rings. The van der Waals surface area contributed by atoms with E-state index in [9.17, 15) is 18.3 Å². The Bertz CT molecular complexity index is 514. The number of fused-ring (bicyclic) bond motifs is 2. The number of halogens is 3. The average molecular weight is 302 g/mol. The Morgan fingerprint density at radius 1 is 1.20 bits per heavy atom. The minimum atomic E-state index is -4.36. The van der Waals surface area contributed by atoms with Gasteiger partial charge in [0, 0.05) is 10.5 Å². The van der Waals surface area contributed by atoms with Crippen LogP contribution in [-0.4, -0.2) is 15.6 Å². The van der Waals surface area contributed by atoms with Gasteiger partial charge in [0.1, 0.15) is 0 Å². The number of alkyl halides is 3. The van der Waals surface area contributed by atoms with Gasteiger partial charge in [-0.05, 0) is 49.8 Å². The molecule has 2 heterocycles. The van der Waals surface area contributed by atoms with Gasteiger partial charge in [-0.3, -0.25) is 0 Å². The number of benzene rings is 1. The molecule has 110 valence electrons. The molecule has 1 aromatic rings. The van der Waals surface area contributed by atoms with Gasteiger partial charge in [-0.25, -0.2) is 0 Å². The largest absolute Gasteiger partial charge is 0.416 e. The third-order valence-electron chi connectivity index (χ3n) is 4.47. The van der Waals surface area contributed by atoms with Crippen LogP contribution in [0.4, 0.5) is 13.2 Å². The summed E-state index contributed by atoms with van der Waals surface area (Å²) >= 11 is 1.88. The first-order valence-corrected chi connectivity index (χ1v) is 7.79. The van der Waals surface area contributed by atoms with Crippen LogP contribution in [0.15, 0.2) is 18.2 Å². The van der Waals surface area contributed by atoms with Crippen molar-refractivity contribution < 1.29 is 18.3 Å². The van der Waals surface area contributed by atoms with Crippen LogP contribution in [0.3, 0.4) is 0 Å². The molecule has 0 amide bonds. The van der Waals surface area contributed by atoms with Gasteiger partial charge in [-0.2, -0.15) is 24.9 Å². The standard InChI is InChI=1S/C15H17F3OS/c1-9-12(3-2-4-13(9)15(16,17)18)14(19)7-10-5-6-11(8-14)20-10/h2-4,10-11,19H,5-8H2,1H3. The Hall–Kier alpha value is -0.680. The highest BCUT2D eigenvalue weighted by Crippen LogP contribution is 2.52. The smallest absolute Gasteiger partial charge is 0.385 e. The zero-order valence-corrected chi connectivity index (χ0v) is 12.0. The fourth-order valence-electron chi connectivity index (χ4n) is 3.58. The van der Waals surface area contributed by atoms with Crippen LogP contribution < -0.4 is 0 Å². The summed E-state index contributed by atoms with van der Waals surface area (Å²) in [5.74, 6) is 0. The zero-order chi connectivity index (χ0) is 14.5. The first kappa shape index (κ1) is 14.3. The normalized spacial score (nSPS) is 33.5. The van der Waals surface area contributed by atoms with E-state index in [1.807, 2.05) is 11.8 Å². The third-order valence-corrected chi connectivity index (χ3v) is 6.04. The number of hydrogen-bond donors (Lipinski definition) is 1. The van der Waals surface area contributed by atoms with E-state index in [0.717, 1.165) is 18.9 Å². The van der Waals surface area contributed by atoms with Crippen LogP contribution in [0.25, 0.3) is 0 Å². The van der Waals surface area contributed by atoms with E-state index in [-0.39, 0.29) is 5.56 Å². The Morgan fingerprint density at radius 2 is 1.80 bits per heavy atom. The van der Waals surface area contributed by atoms with Gasteiger partial charge in [0.15, 0.2) is 0 Å².